The summed E-state index contributed by atoms with van der Waals surface area (Å²) in [7, 11) is 0. The molecule has 2 unspecified atom stereocenters. The Morgan fingerprint density at radius 1 is 1.17 bits per heavy atom. The summed E-state index contributed by atoms with van der Waals surface area (Å²) in [5, 5.41) is 3.03. The summed E-state index contributed by atoms with van der Waals surface area (Å²) >= 11 is 0. The molecule has 0 aliphatic carbocycles. The number of nitrogens with zero attached hydrogens (tertiary/aromatic N) is 2. The number of rotatable bonds is 6. The molecule has 1 N–H and O–H groups in total. The lowest BCUT2D eigenvalue weighted by Gasteiger charge is -2.25. The van der Waals surface area contributed by atoms with Crippen LogP contribution in [0.2, 0.25) is 0 Å². The highest BCUT2D eigenvalue weighted by atomic mass is 16.2. The molecule has 120 valence electrons. The van der Waals surface area contributed by atoms with E-state index in [1.807, 2.05) is 51.1 Å². The van der Waals surface area contributed by atoms with Gasteiger partial charge in [0.15, 0.2) is 6.29 Å². The lowest BCUT2D eigenvalue weighted by atomic mass is 9.94. The van der Waals surface area contributed by atoms with Gasteiger partial charge in [-0.3, -0.25) is 9.59 Å². The van der Waals surface area contributed by atoms with Crippen molar-refractivity contribution in [2.24, 2.45) is 5.92 Å². The highest BCUT2D eigenvalue weighted by Gasteiger charge is 2.24. The molecule has 0 aliphatic heterocycles. The molecule has 1 aromatic carbocycles. The molecule has 2 rings (SSSR count). The third kappa shape index (κ3) is 4.00. The number of benzene rings is 1. The molecule has 5 heteroatoms. The van der Waals surface area contributed by atoms with Crippen LogP contribution in [0.4, 0.5) is 0 Å². The third-order valence-electron chi connectivity index (χ3n) is 3.88. The Balaban J connectivity index is 2.23. The lowest BCUT2D eigenvalue weighted by Crippen LogP contribution is -2.35. The van der Waals surface area contributed by atoms with Gasteiger partial charge in [0, 0.05) is 11.8 Å². The van der Waals surface area contributed by atoms with Crippen molar-refractivity contribution < 1.29 is 9.59 Å². The Hall–Kier alpha value is -2.56. The zero-order valence-electron chi connectivity index (χ0n) is 13.6. The van der Waals surface area contributed by atoms with Gasteiger partial charge in [-0.15, -0.1) is 0 Å². The van der Waals surface area contributed by atoms with Crippen LogP contribution < -0.4 is 5.32 Å². The van der Waals surface area contributed by atoms with Gasteiger partial charge in [0.2, 0.25) is 5.91 Å². The maximum atomic E-state index is 12.6. The van der Waals surface area contributed by atoms with Crippen LogP contribution in [0.5, 0.6) is 0 Å². The number of carbonyl (C=O) groups excluding carboxylic acids is 2. The number of nitrogens with one attached hydrogen (secondary N) is 1. The zero-order chi connectivity index (χ0) is 16.8. The van der Waals surface area contributed by atoms with Gasteiger partial charge in [-0.2, -0.15) is 0 Å². The molecular weight excluding hydrogens is 290 g/mol. The Bertz CT molecular complexity index is 671. The topological polar surface area (TPSA) is 72.0 Å². The summed E-state index contributed by atoms with van der Waals surface area (Å²) < 4.78 is 0. The maximum Gasteiger partial charge on any atom is 0.227 e. The quantitative estimate of drug-likeness (QED) is 0.833. The largest absolute Gasteiger partial charge is 0.348 e. The minimum Gasteiger partial charge on any atom is -0.348 e. The molecule has 1 aromatic heterocycles. The first-order valence-corrected chi connectivity index (χ1v) is 7.65. The fourth-order valence-electron chi connectivity index (χ4n) is 2.46. The van der Waals surface area contributed by atoms with Gasteiger partial charge in [0.1, 0.15) is 12.0 Å². The number of hydrogen-bond donors (Lipinski definition) is 1. The predicted molar refractivity (Wildman–Crippen MR) is 88.0 cm³/mol. The van der Waals surface area contributed by atoms with Crippen molar-refractivity contribution in [1.82, 2.24) is 15.3 Å². The molecule has 0 fully saturated rings. The van der Waals surface area contributed by atoms with Crippen molar-refractivity contribution >= 4 is 12.2 Å². The molecule has 0 bridgehead atoms. The Labute approximate surface area is 136 Å². The van der Waals surface area contributed by atoms with E-state index in [2.05, 4.69) is 15.3 Å². The normalized spacial score (nSPS) is 13.4. The van der Waals surface area contributed by atoms with Gasteiger partial charge in [-0.25, -0.2) is 9.97 Å². The molecule has 0 aliphatic rings. The van der Waals surface area contributed by atoms with E-state index in [0.717, 1.165) is 5.56 Å². The number of amides is 1. The summed E-state index contributed by atoms with van der Waals surface area (Å²) in [6.07, 6.45) is 3.62. The summed E-state index contributed by atoms with van der Waals surface area (Å²) in [6.45, 7) is 5.84. The van der Waals surface area contributed by atoms with Crippen molar-refractivity contribution in [3.05, 3.63) is 59.7 Å². The fraction of sp³-hybridized carbons (Fsp3) is 0.333. The van der Waals surface area contributed by atoms with E-state index in [1.54, 1.807) is 6.20 Å². The van der Waals surface area contributed by atoms with Gasteiger partial charge < -0.3 is 5.32 Å². The number of carbonyl (C=O) groups is 2. The van der Waals surface area contributed by atoms with Crippen LogP contribution in [0.3, 0.4) is 0 Å². The van der Waals surface area contributed by atoms with E-state index in [0.29, 0.717) is 17.5 Å². The SMILES string of the molecule is CC(C(=O)NC(c1cncnc1C=O)C(C)C)c1ccccc1. The third-order valence-corrected chi connectivity index (χ3v) is 3.88. The second-order valence-corrected chi connectivity index (χ2v) is 5.84. The van der Waals surface area contributed by atoms with Crippen LogP contribution in [0, 0.1) is 5.92 Å². The summed E-state index contributed by atoms with van der Waals surface area (Å²) in [6, 6.07) is 9.29. The average Bonchev–Trinajstić information content (AvgIpc) is 2.59. The van der Waals surface area contributed by atoms with Crippen molar-refractivity contribution in [2.45, 2.75) is 32.7 Å². The van der Waals surface area contributed by atoms with Crippen LogP contribution in [-0.4, -0.2) is 22.2 Å². The van der Waals surface area contributed by atoms with Crippen molar-refractivity contribution in [1.29, 1.82) is 0 Å². The smallest absolute Gasteiger partial charge is 0.227 e. The predicted octanol–water partition coefficient (Wildman–Crippen LogP) is 2.91. The van der Waals surface area contributed by atoms with E-state index in [-0.39, 0.29) is 23.8 Å². The monoisotopic (exact) mass is 311 g/mol. The van der Waals surface area contributed by atoms with Gasteiger partial charge in [-0.1, -0.05) is 44.2 Å². The number of aromatic nitrogens is 2. The molecule has 0 saturated carbocycles. The second-order valence-electron chi connectivity index (χ2n) is 5.84. The Morgan fingerprint density at radius 3 is 2.48 bits per heavy atom. The standard InChI is InChI=1S/C18H21N3O2/c1-12(2)17(15-9-19-11-20-16(15)10-22)21-18(23)13(3)14-7-5-4-6-8-14/h4-13,17H,1-3H3,(H,21,23). The highest BCUT2D eigenvalue weighted by molar-refractivity contribution is 5.84. The molecule has 23 heavy (non-hydrogen) atoms. The van der Waals surface area contributed by atoms with E-state index in [4.69, 9.17) is 0 Å². The lowest BCUT2D eigenvalue weighted by molar-refractivity contribution is -0.123. The fourth-order valence-corrected chi connectivity index (χ4v) is 2.46. The maximum absolute atomic E-state index is 12.6. The summed E-state index contributed by atoms with van der Waals surface area (Å²) in [4.78, 5) is 31.7. The van der Waals surface area contributed by atoms with Crippen molar-refractivity contribution in [2.75, 3.05) is 0 Å². The highest BCUT2D eigenvalue weighted by Crippen LogP contribution is 2.24. The van der Waals surface area contributed by atoms with E-state index < -0.39 is 0 Å². The summed E-state index contributed by atoms with van der Waals surface area (Å²) in [5.74, 6) is -0.260. The van der Waals surface area contributed by atoms with Gasteiger partial charge >= 0.3 is 0 Å². The Kier molecular flexibility index (Phi) is 5.57. The number of hydrogen-bond acceptors (Lipinski definition) is 4. The summed E-state index contributed by atoms with van der Waals surface area (Å²) in [5.41, 5.74) is 1.91. The van der Waals surface area contributed by atoms with Crippen molar-refractivity contribution in [3.8, 4) is 0 Å². The minimum atomic E-state index is -0.310. The van der Waals surface area contributed by atoms with Crippen LogP contribution in [0.1, 0.15) is 54.3 Å². The van der Waals surface area contributed by atoms with E-state index in [1.165, 1.54) is 6.33 Å². The molecule has 5 nitrogen and oxygen atoms in total. The second kappa shape index (κ2) is 7.63. The van der Waals surface area contributed by atoms with Gasteiger partial charge in [0.05, 0.1) is 12.0 Å². The van der Waals surface area contributed by atoms with Crippen molar-refractivity contribution in [3.63, 3.8) is 0 Å². The molecule has 1 heterocycles. The van der Waals surface area contributed by atoms with Crippen LogP contribution >= 0.6 is 0 Å². The molecular formula is C18H21N3O2. The molecule has 1 amide bonds. The van der Waals surface area contributed by atoms with Crippen LogP contribution in [0.25, 0.3) is 0 Å². The van der Waals surface area contributed by atoms with Gasteiger partial charge in [0.25, 0.3) is 0 Å². The minimum absolute atomic E-state index is 0.0874. The first kappa shape index (κ1) is 16.8. The molecule has 0 saturated heterocycles. The zero-order valence-corrected chi connectivity index (χ0v) is 13.6. The molecule has 2 aromatic rings. The first-order chi connectivity index (χ1) is 11.0. The van der Waals surface area contributed by atoms with Gasteiger partial charge in [-0.05, 0) is 18.4 Å². The van der Waals surface area contributed by atoms with Crippen LogP contribution in [-0.2, 0) is 4.79 Å². The molecule has 0 radical (unpaired) electrons. The average molecular weight is 311 g/mol. The Morgan fingerprint density at radius 2 is 1.87 bits per heavy atom. The number of aldehydes is 1. The first-order valence-electron chi connectivity index (χ1n) is 7.65. The van der Waals surface area contributed by atoms with E-state index in [9.17, 15) is 9.59 Å². The van der Waals surface area contributed by atoms with E-state index >= 15 is 0 Å². The molecule has 2 atom stereocenters. The van der Waals surface area contributed by atoms with Crippen LogP contribution in [0.15, 0.2) is 42.9 Å². The molecule has 0 spiro atoms.